The van der Waals surface area contributed by atoms with E-state index in [1.54, 1.807) is 6.20 Å². The highest BCUT2D eigenvalue weighted by Gasteiger charge is 2.31. The lowest BCUT2D eigenvalue weighted by atomic mass is 9.89. The van der Waals surface area contributed by atoms with E-state index in [0.29, 0.717) is 12.3 Å². The Bertz CT molecular complexity index is 826. The summed E-state index contributed by atoms with van der Waals surface area (Å²) in [6.45, 7) is 3.03. The van der Waals surface area contributed by atoms with Gasteiger partial charge in [-0.2, -0.15) is 0 Å². The topological polar surface area (TPSA) is 86.0 Å². The van der Waals surface area contributed by atoms with Crippen molar-refractivity contribution in [3.8, 4) is 0 Å². The van der Waals surface area contributed by atoms with Gasteiger partial charge in [0, 0.05) is 31.3 Å². The summed E-state index contributed by atoms with van der Waals surface area (Å²) >= 11 is 0. The largest absolute Gasteiger partial charge is 0.411 e. The van der Waals surface area contributed by atoms with Crippen LogP contribution >= 0.6 is 0 Å². The molecule has 1 aromatic heterocycles. The van der Waals surface area contributed by atoms with Crippen molar-refractivity contribution in [1.82, 2.24) is 9.88 Å². The van der Waals surface area contributed by atoms with Crippen LogP contribution < -0.4 is 0 Å². The molecule has 2 fully saturated rings. The maximum atomic E-state index is 13.0. The number of aliphatic hydroxyl groups excluding tert-OH is 1. The van der Waals surface area contributed by atoms with E-state index in [9.17, 15) is 15.1 Å². The van der Waals surface area contributed by atoms with E-state index >= 15 is 0 Å². The molecule has 200 valence electrons. The first-order chi connectivity index (χ1) is 17.6. The number of allylic oxidation sites excluding steroid dienone is 1. The molecule has 2 aliphatic rings. The second kappa shape index (κ2) is 15.8. The Hall–Kier alpha value is -2.21. The number of aromatic nitrogens is 1. The summed E-state index contributed by atoms with van der Waals surface area (Å²) in [4.78, 5) is 19.3. The zero-order valence-electron chi connectivity index (χ0n) is 22.2. The summed E-state index contributed by atoms with van der Waals surface area (Å²) < 4.78 is 0. The molecule has 1 aromatic rings. The Morgan fingerprint density at radius 3 is 2.83 bits per heavy atom. The van der Waals surface area contributed by atoms with Crippen LogP contribution in [0.5, 0.6) is 0 Å². The molecule has 1 aliphatic carbocycles. The summed E-state index contributed by atoms with van der Waals surface area (Å²) in [6, 6.07) is 4.22. The van der Waals surface area contributed by atoms with Gasteiger partial charge in [0.05, 0.1) is 17.9 Å². The number of amides is 1. The van der Waals surface area contributed by atoms with Crippen LogP contribution in [-0.2, 0) is 4.79 Å². The number of rotatable bonds is 14. The standard InChI is InChI=1S/C30H47N3O3/c1-2-3-6-13-26(34)19-17-24-18-20-28(32-36)27(24)14-7-4-5-8-16-30(35)33-22-10-9-15-29(33)25-12-11-21-31-23-25/h11-12,17,19,21,23-24,26-27,29,34,36H,2-10,13-16,18,20,22H2,1H3/b19-17?,32-28+/t24-,26-,27+,29?/m0/s1. The summed E-state index contributed by atoms with van der Waals surface area (Å²) in [6.07, 6.45) is 22.5. The smallest absolute Gasteiger partial charge is 0.223 e. The van der Waals surface area contributed by atoms with Gasteiger partial charge in [0.2, 0.25) is 5.91 Å². The number of likely N-dealkylation sites (tertiary alicyclic amines) is 1. The van der Waals surface area contributed by atoms with E-state index in [1.165, 1.54) is 0 Å². The van der Waals surface area contributed by atoms with Crippen LogP contribution in [0, 0.1) is 11.8 Å². The third kappa shape index (κ3) is 8.72. The molecule has 1 saturated carbocycles. The summed E-state index contributed by atoms with van der Waals surface area (Å²) in [5.74, 6) is 0.892. The van der Waals surface area contributed by atoms with Gasteiger partial charge in [-0.1, -0.05) is 68.8 Å². The van der Waals surface area contributed by atoms with Gasteiger partial charge < -0.3 is 15.2 Å². The molecule has 36 heavy (non-hydrogen) atoms. The quantitative estimate of drug-likeness (QED) is 0.128. The molecule has 0 aromatic carbocycles. The van der Waals surface area contributed by atoms with Crippen molar-refractivity contribution in [1.29, 1.82) is 0 Å². The molecule has 2 N–H and O–H groups in total. The Labute approximate surface area is 217 Å². The van der Waals surface area contributed by atoms with Gasteiger partial charge in [-0.15, -0.1) is 0 Å². The van der Waals surface area contributed by atoms with Crippen molar-refractivity contribution < 1.29 is 15.1 Å². The predicted molar refractivity (Wildman–Crippen MR) is 145 cm³/mol. The van der Waals surface area contributed by atoms with Crippen molar-refractivity contribution in [2.45, 2.75) is 115 Å². The fraction of sp³-hybridized carbons (Fsp3) is 0.700. The fourth-order valence-electron chi connectivity index (χ4n) is 5.94. The second-order valence-corrected chi connectivity index (χ2v) is 10.7. The van der Waals surface area contributed by atoms with Gasteiger partial charge in [0.1, 0.15) is 0 Å². The van der Waals surface area contributed by atoms with Gasteiger partial charge >= 0.3 is 0 Å². The van der Waals surface area contributed by atoms with E-state index in [4.69, 9.17) is 0 Å². The molecule has 6 nitrogen and oxygen atoms in total. The fourth-order valence-corrected chi connectivity index (χ4v) is 5.94. The van der Waals surface area contributed by atoms with Crippen LogP contribution in [0.4, 0.5) is 0 Å². The molecule has 3 rings (SSSR count). The molecule has 2 heterocycles. The molecule has 1 amide bonds. The zero-order chi connectivity index (χ0) is 25.6. The molecule has 4 atom stereocenters. The molecule has 0 spiro atoms. The maximum Gasteiger partial charge on any atom is 0.223 e. The van der Waals surface area contributed by atoms with Crippen LogP contribution in [0.3, 0.4) is 0 Å². The van der Waals surface area contributed by atoms with Gasteiger partial charge in [-0.25, -0.2) is 0 Å². The van der Waals surface area contributed by atoms with Crippen LogP contribution in [0.25, 0.3) is 0 Å². The Morgan fingerprint density at radius 2 is 2.06 bits per heavy atom. The minimum Gasteiger partial charge on any atom is -0.411 e. The van der Waals surface area contributed by atoms with Crippen molar-refractivity contribution in [3.05, 3.63) is 42.2 Å². The first kappa shape index (κ1) is 28.4. The third-order valence-corrected chi connectivity index (χ3v) is 8.04. The molecule has 1 unspecified atom stereocenters. The van der Waals surface area contributed by atoms with E-state index in [0.717, 1.165) is 108 Å². The lowest BCUT2D eigenvalue weighted by Crippen LogP contribution is -2.38. The van der Waals surface area contributed by atoms with E-state index in [1.807, 2.05) is 18.3 Å². The SMILES string of the molecule is CCCCC[C@H](O)C=C[C@H]1CC/C(=N\O)[C@@H]1CCCCCCC(=O)N1CCCCC1c1cccnc1. The lowest BCUT2D eigenvalue weighted by molar-refractivity contribution is -0.135. The molecule has 0 radical (unpaired) electrons. The van der Waals surface area contributed by atoms with Gasteiger partial charge in [0.15, 0.2) is 0 Å². The van der Waals surface area contributed by atoms with Gasteiger partial charge in [0.25, 0.3) is 0 Å². The first-order valence-electron chi connectivity index (χ1n) is 14.4. The highest BCUT2D eigenvalue weighted by molar-refractivity contribution is 5.88. The molecule has 0 bridgehead atoms. The molecule has 1 aliphatic heterocycles. The summed E-state index contributed by atoms with van der Waals surface area (Å²) in [5.41, 5.74) is 2.06. The van der Waals surface area contributed by atoms with E-state index < -0.39 is 0 Å². The average molecular weight is 498 g/mol. The number of piperidine rings is 1. The minimum atomic E-state index is -0.373. The summed E-state index contributed by atoms with van der Waals surface area (Å²) in [5, 5.41) is 23.3. The molecule has 1 saturated heterocycles. The average Bonchev–Trinajstić information content (AvgIpc) is 3.31. The second-order valence-electron chi connectivity index (χ2n) is 10.7. The number of nitrogens with zero attached hydrogens (tertiary/aromatic N) is 3. The van der Waals surface area contributed by atoms with Crippen molar-refractivity contribution >= 4 is 11.6 Å². The van der Waals surface area contributed by atoms with Crippen LogP contribution in [0.1, 0.15) is 115 Å². The highest BCUT2D eigenvalue weighted by atomic mass is 16.4. The third-order valence-electron chi connectivity index (χ3n) is 8.04. The van der Waals surface area contributed by atoms with Gasteiger partial charge in [-0.05, 0) is 68.9 Å². The normalized spacial score (nSPS) is 24.6. The van der Waals surface area contributed by atoms with Crippen molar-refractivity contribution in [2.24, 2.45) is 17.0 Å². The number of oxime groups is 1. The van der Waals surface area contributed by atoms with Crippen molar-refractivity contribution in [2.75, 3.05) is 6.54 Å². The summed E-state index contributed by atoms with van der Waals surface area (Å²) in [7, 11) is 0. The Kier molecular flexibility index (Phi) is 12.5. The lowest BCUT2D eigenvalue weighted by Gasteiger charge is -2.36. The predicted octanol–water partition coefficient (Wildman–Crippen LogP) is 6.83. The monoisotopic (exact) mass is 497 g/mol. The minimum absolute atomic E-state index is 0.175. The number of hydrogen-bond acceptors (Lipinski definition) is 5. The Morgan fingerprint density at radius 1 is 1.19 bits per heavy atom. The van der Waals surface area contributed by atoms with Crippen LogP contribution in [-0.4, -0.2) is 44.5 Å². The van der Waals surface area contributed by atoms with Crippen LogP contribution in [0.15, 0.2) is 41.8 Å². The van der Waals surface area contributed by atoms with Crippen LogP contribution in [0.2, 0.25) is 0 Å². The molecule has 6 heteroatoms. The number of carbonyl (C=O) groups excluding carboxylic acids is 1. The number of aliphatic hydroxyl groups is 1. The molecular weight excluding hydrogens is 450 g/mol. The highest BCUT2D eigenvalue weighted by Crippen LogP contribution is 2.35. The zero-order valence-corrected chi connectivity index (χ0v) is 22.2. The number of carbonyl (C=O) groups is 1. The van der Waals surface area contributed by atoms with E-state index in [2.05, 4.69) is 34.1 Å². The number of unbranched alkanes of at least 4 members (excludes halogenated alkanes) is 5. The Balaban J connectivity index is 1.38. The first-order valence-corrected chi connectivity index (χ1v) is 14.4. The number of hydrogen-bond donors (Lipinski definition) is 2. The maximum absolute atomic E-state index is 13.0. The number of pyridine rings is 1. The van der Waals surface area contributed by atoms with Gasteiger partial charge in [-0.3, -0.25) is 9.78 Å². The molecular formula is C30H47N3O3. The van der Waals surface area contributed by atoms with E-state index in [-0.39, 0.29) is 24.0 Å². The van der Waals surface area contributed by atoms with Crippen molar-refractivity contribution in [3.63, 3.8) is 0 Å².